The standard InChI is InChI=1S/C6H11NO.C2HF3O2/c1-2-5-3-8-4-6(5)7;3-2(4,5)1(6)7/h2,5-6H,1,3-4,7H2;(H,6,7). The van der Waals surface area contributed by atoms with Crippen molar-refractivity contribution in [2.75, 3.05) is 13.2 Å². The monoisotopic (exact) mass is 227 g/mol. The zero-order valence-electron chi connectivity index (χ0n) is 7.83. The van der Waals surface area contributed by atoms with Crippen molar-refractivity contribution in [2.45, 2.75) is 12.2 Å². The minimum atomic E-state index is -5.08. The van der Waals surface area contributed by atoms with Crippen molar-refractivity contribution >= 4 is 5.97 Å². The molecule has 0 spiro atoms. The Morgan fingerprint density at radius 2 is 2.00 bits per heavy atom. The van der Waals surface area contributed by atoms with Gasteiger partial charge in [-0.1, -0.05) is 6.08 Å². The third-order valence-corrected chi connectivity index (χ3v) is 1.72. The lowest BCUT2D eigenvalue weighted by molar-refractivity contribution is -0.192. The zero-order chi connectivity index (χ0) is 12.1. The summed E-state index contributed by atoms with van der Waals surface area (Å²) in [7, 11) is 0. The molecule has 1 fully saturated rings. The van der Waals surface area contributed by atoms with Crippen LogP contribution in [0.1, 0.15) is 0 Å². The fraction of sp³-hybridized carbons (Fsp3) is 0.625. The van der Waals surface area contributed by atoms with Gasteiger partial charge in [0.05, 0.1) is 13.2 Å². The highest BCUT2D eigenvalue weighted by molar-refractivity contribution is 5.73. The summed E-state index contributed by atoms with van der Waals surface area (Å²) in [6.07, 6.45) is -3.22. The van der Waals surface area contributed by atoms with Gasteiger partial charge in [-0.2, -0.15) is 13.2 Å². The average Bonchev–Trinajstić information content (AvgIpc) is 2.50. The third kappa shape index (κ3) is 5.38. The summed E-state index contributed by atoms with van der Waals surface area (Å²) >= 11 is 0. The Labute approximate surface area is 84.5 Å². The first-order valence-corrected chi connectivity index (χ1v) is 4.05. The predicted molar refractivity (Wildman–Crippen MR) is 46.2 cm³/mol. The highest BCUT2D eigenvalue weighted by Crippen LogP contribution is 2.13. The quantitative estimate of drug-likeness (QED) is 0.649. The maximum atomic E-state index is 10.6. The van der Waals surface area contributed by atoms with Crippen molar-refractivity contribution in [3.63, 3.8) is 0 Å². The van der Waals surface area contributed by atoms with E-state index in [1.807, 2.05) is 6.08 Å². The molecule has 4 nitrogen and oxygen atoms in total. The van der Waals surface area contributed by atoms with E-state index in [2.05, 4.69) is 6.58 Å². The molecule has 1 saturated heterocycles. The summed E-state index contributed by atoms with van der Waals surface area (Å²) in [5.41, 5.74) is 5.59. The van der Waals surface area contributed by atoms with E-state index in [1.54, 1.807) is 0 Å². The van der Waals surface area contributed by atoms with Gasteiger partial charge in [-0.15, -0.1) is 6.58 Å². The lowest BCUT2D eigenvalue weighted by atomic mass is 10.1. The van der Waals surface area contributed by atoms with Gasteiger partial charge in [-0.25, -0.2) is 4.79 Å². The van der Waals surface area contributed by atoms with E-state index >= 15 is 0 Å². The Morgan fingerprint density at radius 3 is 2.13 bits per heavy atom. The molecule has 2 atom stereocenters. The summed E-state index contributed by atoms with van der Waals surface area (Å²) in [6.45, 7) is 5.08. The van der Waals surface area contributed by atoms with Gasteiger partial charge in [0.25, 0.3) is 0 Å². The van der Waals surface area contributed by atoms with Crippen molar-refractivity contribution < 1.29 is 27.8 Å². The maximum absolute atomic E-state index is 10.6. The molecule has 0 radical (unpaired) electrons. The van der Waals surface area contributed by atoms with E-state index < -0.39 is 12.1 Å². The number of aliphatic carboxylic acids is 1. The van der Waals surface area contributed by atoms with Crippen LogP contribution in [-0.4, -0.2) is 36.5 Å². The zero-order valence-corrected chi connectivity index (χ0v) is 7.83. The number of hydrogen-bond donors (Lipinski definition) is 2. The fourth-order valence-corrected chi connectivity index (χ4v) is 0.830. The van der Waals surface area contributed by atoms with Gasteiger partial charge in [0, 0.05) is 12.0 Å². The van der Waals surface area contributed by atoms with Crippen LogP contribution in [0, 0.1) is 5.92 Å². The molecule has 0 bridgehead atoms. The van der Waals surface area contributed by atoms with Crippen LogP contribution in [0.2, 0.25) is 0 Å². The number of hydrogen-bond acceptors (Lipinski definition) is 3. The van der Waals surface area contributed by atoms with Crippen LogP contribution in [0.25, 0.3) is 0 Å². The van der Waals surface area contributed by atoms with E-state index in [0.717, 1.165) is 6.61 Å². The van der Waals surface area contributed by atoms with E-state index in [0.29, 0.717) is 12.5 Å². The third-order valence-electron chi connectivity index (χ3n) is 1.72. The number of carboxylic acids is 1. The molecule has 2 unspecified atom stereocenters. The van der Waals surface area contributed by atoms with E-state index in [9.17, 15) is 13.2 Å². The molecule has 3 N–H and O–H groups in total. The van der Waals surface area contributed by atoms with Gasteiger partial charge in [-0.3, -0.25) is 0 Å². The first kappa shape index (κ1) is 13.9. The number of alkyl halides is 3. The van der Waals surface area contributed by atoms with Gasteiger partial charge in [0.15, 0.2) is 0 Å². The number of carboxylic acid groups (broad SMARTS) is 1. The molecule has 0 aromatic carbocycles. The van der Waals surface area contributed by atoms with Crippen molar-refractivity contribution in [1.82, 2.24) is 0 Å². The summed E-state index contributed by atoms with van der Waals surface area (Å²) in [6, 6.07) is 0.187. The minimum absolute atomic E-state index is 0.187. The number of ether oxygens (including phenoxy) is 1. The largest absolute Gasteiger partial charge is 0.490 e. The number of carbonyl (C=O) groups is 1. The summed E-state index contributed by atoms with van der Waals surface area (Å²) < 4.78 is 36.8. The molecule has 0 aromatic heterocycles. The van der Waals surface area contributed by atoms with Crippen molar-refractivity contribution in [1.29, 1.82) is 0 Å². The molecule has 15 heavy (non-hydrogen) atoms. The minimum Gasteiger partial charge on any atom is -0.475 e. The molecule has 88 valence electrons. The summed E-state index contributed by atoms with van der Waals surface area (Å²) in [4.78, 5) is 8.90. The Kier molecular flexibility index (Phi) is 5.31. The first-order valence-electron chi connectivity index (χ1n) is 4.05. The van der Waals surface area contributed by atoms with Crippen molar-refractivity contribution in [3.05, 3.63) is 12.7 Å². The van der Waals surface area contributed by atoms with E-state index in [1.165, 1.54) is 0 Å². The molecule has 1 aliphatic heterocycles. The maximum Gasteiger partial charge on any atom is 0.490 e. The van der Waals surface area contributed by atoms with E-state index in [4.69, 9.17) is 20.4 Å². The molecule has 7 heteroatoms. The van der Waals surface area contributed by atoms with Crippen molar-refractivity contribution in [3.8, 4) is 0 Å². The normalized spacial score (nSPS) is 25.3. The second-order valence-electron chi connectivity index (χ2n) is 2.90. The second kappa shape index (κ2) is 5.72. The van der Waals surface area contributed by atoms with Gasteiger partial charge in [0.1, 0.15) is 0 Å². The van der Waals surface area contributed by atoms with Crippen LogP contribution in [0.15, 0.2) is 12.7 Å². The summed E-state index contributed by atoms with van der Waals surface area (Å²) in [5, 5.41) is 7.12. The van der Waals surface area contributed by atoms with Crippen LogP contribution in [0.4, 0.5) is 13.2 Å². The van der Waals surface area contributed by atoms with Crippen LogP contribution < -0.4 is 5.73 Å². The van der Waals surface area contributed by atoms with Crippen LogP contribution in [-0.2, 0) is 9.53 Å². The molecule has 0 aromatic rings. The smallest absolute Gasteiger partial charge is 0.475 e. The van der Waals surface area contributed by atoms with Gasteiger partial charge in [0.2, 0.25) is 0 Å². The molecule has 1 aliphatic rings. The van der Waals surface area contributed by atoms with E-state index in [-0.39, 0.29) is 6.04 Å². The molecular formula is C8H12F3NO3. The van der Waals surface area contributed by atoms with Crippen LogP contribution >= 0.6 is 0 Å². The van der Waals surface area contributed by atoms with Gasteiger partial charge >= 0.3 is 12.1 Å². The molecule has 1 rings (SSSR count). The lowest BCUT2D eigenvalue weighted by Crippen LogP contribution is -2.26. The molecular weight excluding hydrogens is 215 g/mol. The molecule has 0 aliphatic carbocycles. The SMILES string of the molecule is C=CC1COCC1N.O=C(O)C(F)(F)F. The predicted octanol–water partition coefficient (Wildman–Crippen LogP) is 0.779. The Hall–Kier alpha value is -1.08. The summed E-state index contributed by atoms with van der Waals surface area (Å²) in [5.74, 6) is -2.37. The Balaban J connectivity index is 0.000000265. The first-order chi connectivity index (χ1) is 6.79. The Bertz CT molecular complexity index is 230. The lowest BCUT2D eigenvalue weighted by Gasteiger charge is -2.04. The average molecular weight is 227 g/mol. The van der Waals surface area contributed by atoms with Gasteiger partial charge in [-0.05, 0) is 0 Å². The number of rotatable bonds is 1. The molecule has 1 heterocycles. The van der Waals surface area contributed by atoms with Crippen LogP contribution in [0.5, 0.6) is 0 Å². The second-order valence-corrected chi connectivity index (χ2v) is 2.90. The Morgan fingerprint density at radius 1 is 1.53 bits per heavy atom. The number of halogens is 3. The number of nitrogens with two attached hydrogens (primary N) is 1. The topological polar surface area (TPSA) is 72.5 Å². The van der Waals surface area contributed by atoms with Gasteiger partial charge < -0.3 is 15.6 Å². The van der Waals surface area contributed by atoms with Crippen molar-refractivity contribution in [2.24, 2.45) is 11.7 Å². The highest BCUT2D eigenvalue weighted by atomic mass is 19.4. The molecule has 0 saturated carbocycles. The fourth-order valence-electron chi connectivity index (χ4n) is 0.830. The molecule has 0 amide bonds. The highest BCUT2D eigenvalue weighted by Gasteiger charge is 2.38. The van der Waals surface area contributed by atoms with Crippen LogP contribution in [0.3, 0.4) is 0 Å².